The minimum atomic E-state index is -1.25. The molecule has 0 saturated heterocycles. The maximum absolute atomic E-state index is 8.47. The fourth-order valence-corrected chi connectivity index (χ4v) is 0.352. The summed E-state index contributed by atoms with van der Waals surface area (Å²) in [6, 6.07) is 0. The SMILES string of the molecule is N=[N+]([O-])[O-].NCCNCC[NH3+]. The second-order valence-corrected chi connectivity index (χ2v) is 1.65. The standard InChI is InChI=1S/C4H13N3.HN2O2/c5-1-3-7-4-2-6;1-2(3)4/h7H,1-6H2;(H-,1,3,4)/q;-1/p+1. The summed E-state index contributed by atoms with van der Waals surface area (Å²) >= 11 is 0. The molecule has 0 saturated carbocycles. The van der Waals surface area contributed by atoms with E-state index in [1.165, 1.54) is 0 Å². The fraction of sp³-hybridized carbons (Fsp3) is 1.00. The van der Waals surface area contributed by atoms with Crippen molar-refractivity contribution in [3.05, 3.63) is 10.4 Å². The molecule has 0 aromatic heterocycles. The zero-order chi connectivity index (χ0) is 9.11. The van der Waals surface area contributed by atoms with Crippen molar-refractivity contribution in [2.24, 2.45) is 5.73 Å². The number of nitrogens with one attached hydrogen (secondary N) is 2. The first-order valence-electron chi connectivity index (χ1n) is 3.20. The molecule has 0 fully saturated rings. The Bertz CT molecular complexity index is 80.6. The van der Waals surface area contributed by atoms with Crippen LogP contribution in [0.2, 0.25) is 0 Å². The van der Waals surface area contributed by atoms with Gasteiger partial charge in [-0.2, -0.15) is 0 Å². The molecule has 0 atom stereocenters. The quantitative estimate of drug-likeness (QED) is 0.213. The van der Waals surface area contributed by atoms with Crippen LogP contribution < -0.4 is 16.8 Å². The highest BCUT2D eigenvalue weighted by Gasteiger charge is 1.78. The molecular formula is C4H15N5O2. The van der Waals surface area contributed by atoms with Crippen molar-refractivity contribution in [1.82, 2.24) is 5.32 Å². The second-order valence-electron chi connectivity index (χ2n) is 1.65. The lowest BCUT2D eigenvalue weighted by Gasteiger charge is -1.94. The average molecular weight is 165 g/mol. The molecule has 0 bridgehead atoms. The van der Waals surface area contributed by atoms with Crippen LogP contribution in [0.15, 0.2) is 0 Å². The minimum Gasteiger partial charge on any atom is -0.588 e. The number of hydrogen-bond acceptors (Lipinski definition) is 5. The third kappa shape index (κ3) is 48.0. The van der Waals surface area contributed by atoms with E-state index in [1.54, 1.807) is 0 Å². The van der Waals surface area contributed by atoms with Crippen molar-refractivity contribution in [2.45, 2.75) is 0 Å². The summed E-state index contributed by atoms with van der Waals surface area (Å²) in [5, 5.41) is 18.8. The van der Waals surface area contributed by atoms with E-state index in [2.05, 4.69) is 11.1 Å². The number of hydrogen-bond donors (Lipinski definition) is 4. The van der Waals surface area contributed by atoms with Crippen LogP contribution in [-0.4, -0.2) is 31.2 Å². The van der Waals surface area contributed by atoms with Crippen LogP contribution in [0.25, 0.3) is 0 Å². The van der Waals surface area contributed by atoms with Gasteiger partial charge in [0.15, 0.2) is 0 Å². The van der Waals surface area contributed by atoms with Gasteiger partial charge in [-0.15, -0.1) is 0 Å². The molecule has 0 rings (SSSR count). The van der Waals surface area contributed by atoms with Gasteiger partial charge in [0, 0.05) is 19.6 Å². The monoisotopic (exact) mass is 165 g/mol. The predicted octanol–water partition coefficient (Wildman–Crippen LogP) is -2.20. The number of rotatable bonds is 4. The van der Waals surface area contributed by atoms with Gasteiger partial charge >= 0.3 is 0 Å². The van der Waals surface area contributed by atoms with Crippen LogP contribution in [0.1, 0.15) is 0 Å². The molecule has 0 heterocycles. The molecule has 0 aliphatic heterocycles. The first kappa shape index (κ1) is 12.7. The Balaban J connectivity index is 0. The van der Waals surface area contributed by atoms with Crippen molar-refractivity contribution in [1.29, 1.82) is 5.53 Å². The molecule has 0 unspecified atom stereocenters. The van der Waals surface area contributed by atoms with Crippen LogP contribution >= 0.6 is 0 Å². The predicted molar refractivity (Wildman–Crippen MR) is 39.4 cm³/mol. The van der Waals surface area contributed by atoms with E-state index in [9.17, 15) is 0 Å². The van der Waals surface area contributed by atoms with E-state index in [1.807, 2.05) is 0 Å². The summed E-state index contributed by atoms with van der Waals surface area (Å²) in [7, 11) is 0. The molecule has 11 heavy (non-hydrogen) atoms. The van der Waals surface area contributed by atoms with Crippen molar-refractivity contribution >= 4 is 0 Å². The van der Waals surface area contributed by atoms with Crippen LogP contribution in [0.3, 0.4) is 0 Å². The Kier molecular flexibility index (Phi) is 13.7. The first-order chi connectivity index (χ1) is 5.15. The fourth-order valence-electron chi connectivity index (χ4n) is 0.352. The zero-order valence-corrected chi connectivity index (χ0v) is 6.38. The first-order valence-corrected chi connectivity index (χ1v) is 3.20. The van der Waals surface area contributed by atoms with Gasteiger partial charge in [0.2, 0.25) is 0 Å². The average Bonchev–Trinajstić information content (AvgIpc) is 1.88. The summed E-state index contributed by atoms with van der Waals surface area (Å²) in [6.07, 6.45) is 0. The van der Waals surface area contributed by atoms with Gasteiger partial charge in [-0.1, -0.05) is 5.02 Å². The lowest BCUT2D eigenvalue weighted by molar-refractivity contribution is -0.482. The van der Waals surface area contributed by atoms with E-state index >= 15 is 0 Å². The molecule has 7 nitrogen and oxygen atoms in total. The Labute approximate surface area is 65.0 Å². The second kappa shape index (κ2) is 11.8. The van der Waals surface area contributed by atoms with E-state index in [0.29, 0.717) is 0 Å². The van der Waals surface area contributed by atoms with Crippen LogP contribution in [0.4, 0.5) is 0 Å². The largest absolute Gasteiger partial charge is 0.588 e. The minimum absolute atomic E-state index is 0.722. The third-order valence-electron chi connectivity index (χ3n) is 0.675. The van der Waals surface area contributed by atoms with Gasteiger partial charge in [-0.25, -0.2) is 0 Å². The number of quaternary nitrogens is 1. The van der Waals surface area contributed by atoms with Gasteiger partial charge in [0.05, 0.1) is 6.54 Å². The molecule has 0 spiro atoms. The molecule has 0 amide bonds. The van der Waals surface area contributed by atoms with E-state index in [0.717, 1.165) is 26.2 Å². The third-order valence-corrected chi connectivity index (χ3v) is 0.675. The van der Waals surface area contributed by atoms with Crippen LogP contribution in [0, 0.1) is 15.9 Å². The lowest BCUT2D eigenvalue weighted by atomic mass is 10.6. The topological polar surface area (TPSA) is 139 Å². The van der Waals surface area contributed by atoms with Gasteiger partial charge in [-0.3, -0.25) is 0 Å². The Hall–Kier alpha value is -0.920. The van der Waals surface area contributed by atoms with Gasteiger partial charge in [0.25, 0.3) is 0 Å². The normalized spacial score (nSPS) is 8.18. The molecule has 0 aromatic carbocycles. The van der Waals surface area contributed by atoms with Crippen molar-refractivity contribution in [3.63, 3.8) is 0 Å². The Morgan fingerprint density at radius 3 is 2.18 bits per heavy atom. The van der Waals surface area contributed by atoms with E-state index < -0.39 is 5.02 Å². The summed E-state index contributed by atoms with van der Waals surface area (Å²) in [6.45, 7) is 3.56. The summed E-state index contributed by atoms with van der Waals surface area (Å²) in [5.74, 6) is 0. The molecule has 68 valence electrons. The summed E-state index contributed by atoms with van der Waals surface area (Å²) < 4.78 is 0. The van der Waals surface area contributed by atoms with Crippen molar-refractivity contribution < 1.29 is 10.8 Å². The number of nitrogens with two attached hydrogens (primary N) is 1. The van der Waals surface area contributed by atoms with E-state index in [-0.39, 0.29) is 0 Å². The zero-order valence-electron chi connectivity index (χ0n) is 6.38. The highest BCUT2D eigenvalue weighted by molar-refractivity contribution is 4.42. The van der Waals surface area contributed by atoms with Crippen molar-refractivity contribution in [2.75, 3.05) is 26.2 Å². The maximum atomic E-state index is 8.47. The lowest BCUT2D eigenvalue weighted by Crippen LogP contribution is -2.54. The molecule has 0 aromatic rings. The molecule has 0 radical (unpaired) electrons. The molecule has 0 aliphatic carbocycles. The van der Waals surface area contributed by atoms with Crippen LogP contribution in [-0.2, 0) is 0 Å². The molecule has 7 heteroatoms. The Morgan fingerprint density at radius 1 is 1.45 bits per heavy atom. The van der Waals surface area contributed by atoms with Gasteiger partial charge in [0.1, 0.15) is 0 Å². The molecule has 7 N–H and O–H groups in total. The number of nitrogens with zero attached hydrogens (tertiary/aromatic N) is 1. The Morgan fingerprint density at radius 2 is 1.91 bits per heavy atom. The van der Waals surface area contributed by atoms with E-state index in [4.69, 9.17) is 21.7 Å². The van der Waals surface area contributed by atoms with Gasteiger partial charge in [-0.05, 0) is 5.53 Å². The smallest absolute Gasteiger partial charge is 0.0866 e. The maximum Gasteiger partial charge on any atom is 0.0866 e. The molecule has 0 aliphatic rings. The summed E-state index contributed by atoms with van der Waals surface area (Å²) in [5.41, 5.74) is 14.1. The molecular weight excluding hydrogens is 150 g/mol. The highest BCUT2D eigenvalue weighted by atomic mass is 16.8. The van der Waals surface area contributed by atoms with Crippen LogP contribution in [0.5, 0.6) is 0 Å². The van der Waals surface area contributed by atoms with Crippen molar-refractivity contribution in [3.8, 4) is 0 Å². The van der Waals surface area contributed by atoms with Gasteiger partial charge < -0.3 is 27.2 Å². The highest BCUT2D eigenvalue weighted by Crippen LogP contribution is 1.47. The summed E-state index contributed by atoms with van der Waals surface area (Å²) in [4.78, 5) is 0.